The maximum Gasteiger partial charge on any atom is 0.421 e. The number of hydrogen-bond acceptors (Lipinski definition) is 4. The summed E-state index contributed by atoms with van der Waals surface area (Å²) in [6.07, 6.45) is -1.88. The molecular formula is C18H14Cl4F3NO3. The highest BCUT2D eigenvalue weighted by Crippen LogP contribution is 2.41. The maximum absolute atomic E-state index is 13.2. The predicted molar refractivity (Wildman–Crippen MR) is 106 cm³/mol. The molecule has 11 heteroatoms. The first-order valence-corrected chi connectivity index (χ1v) is 9.71. The fraction of sp³-hybridized carbons (Fsp3) is 0.278. The highest BCUT2D eigenvalue weighted by atomic mass is 35.5. The Morgan fingerprint density at radius 3 is 2.48 bits per heavy atom. The number of benzene rings is 1. The van der Waals surface area contributed by atoms with Crippen molar-refractivity contribution in [1.82, 2.24) is 4.98 Å². The average molecular weight is 491 g/mol. The molecule has 0 fully saturated rings. The van der Waals surface area contributed by atoms with Gasteiger partial charge < -0.3 is 14.2 Å². The minimum absolute atomic E-state index is 0.0171. The number of pyridine rings is 1. The molecule has 0 amide bonds. The quantitative estimate of drug-likeness (QED) is 0.221. The number of allylic oxidation sites excluding steroid dienone is 1. The van der Waals surface area contributed by atoms with Crippen LogP contribution in [-0.2, 0) is 6.18 Å². The predicted octanol–water partition coefficient (Wildman–Crippen LogP) is 7.30. The second-order valence-electron chi connectivity index (χ2n) is 5.40. The highest BCUT2D eigenvalue weighted by molar-refractivity contribution is 6.45. The van der Waals surface area contributed by atoms with E-state index in [1.54, 1.807) is 6.92 Å². The van der Waals surface area contributed by atoms with Crippen molar-refractivity contribution in [2.24, 2.45) is 0 Å². The van der Waals surface area contributed by atoms with Gasteiger partial charge in [0.2, 0.25) is 12.2 Å². The fourth-order valence-electron chi connectivity index (χ4n) is 2.04. The Labute approximate surface area is 185 Å². The third-order valence-electron chi connectivity index (χ3n) is 3.34. The zero-order chi connectivity index (χ0) is 21.6. The summed E-state index contributed by atoms with van der Waals surface area (Å²) < 4.78 is 55.9. The number of halogens is 7. The molecule has 0 aliphatic rings. The normalized spacial score (nSPS) is 13.0. The molecule has 0 aliphatic heterocycles. The summed E-state index contributed by atoms with van der Waals surface area (Å²) in [4.78, 5) is 2.83. The number of aromatic nitrogens is 1. The standard InChI is InChI=1S/C18H14Cl4F3NO3/c1-2-14(29-17-10(18(23,24)25)4-3-8-26-17)28-12-6-5-11(19)15(22)16(12)27-9-7-13(20)21/h3-9,13-14H,2H2,1H3. The first-order chi connectivity index (χ1) is 13.6. The zero-order valence-electron chi connectivity index (χ0n) is 14.7. The van der Waals surface area contributed by atoms with Gasteiger partial charge >= 0.3 is 6.18 Å². The van der Waals surface area contributed by atoms with E-state index in [0.717, 1.165) is 12.1 Å². The van der Waals surface area contributed by atoms with E-state index < -0.39 is 28.7 Å². The van der Waals surface area contributed by atoms with E-state index in [9.17, 15) is 13.2 Å². The smallest absolute Gasteiger partial charge is 0.421 e. The highest BCUT2D eigenvalue weighted by Gasteiger charge is 2.36. The van der Waals surface area contributed by atoms with Crippen molar-refractivity contribution < 1.29 is 27.4 Å². The lowest BCUT2D eigenvalue weighted by Gasteiger charge is -2.22. The van der Waals surface area contributed by atoms with Gasteiger partial charge in [-0.05, 0) is 30.3 Å². The molecule has 158 valence electrons. The van der Waals surface area contributed by atoms with Crippen molar-refractivity contribution >= 4 is 46.4 Å². The molecule has 1 aromatic carbocycles. The van der Waals surface area contributed by atoms with Gasteiger partial charge in [0.05, 0.1) is 11.3 Å². The molecule has 0 spiro atoms. The zero-order valence-corrected chi connectivity index (χ0v) is 17.7. The van der Waals surface area contributed by atoms with E-state index in [4.69, 9.17) is 60.6 Å². The van der Waals surface area contributed by atoms with Gasteiger partial charge in [0.25, 0.3) is 0 Å². The molecule has 2 rings (SSSR count). The van der Waals surface area contributed by atoms with Crippen LogP contribution < -0.4 is 14.2 Å². The van der Waals surface area contributed by atoms with E-state index in [-0.39, 0.29) is 28.0 Å². The molecule has 1 atom stereocenters. The second kappa shape index (κ2) is 10.5. The molecule has 4 nitrogen and oxygen atoms in total. The Balaban J connectivity index is 2.29. The van der Waals surface area contributed by atoms with E-state index in [1.807, 2.05) is 0 Å². The van der Waals surface area contributed by atoms with Crippen LogP contribution in [-0.4, -0.2) is 16.1 Å². The van der Waals surface area contributed by atoms with Gasteiger partial charge in [-0.3, -0.25) is 0 Å². The summed E-state index contributed by atoms with van der Waals surface area (Å²) in [5.74, 6) is -0.508. The first kappa shape index (κ1) is 23.7. The maximum atomic E-state index is 13.2. The van der Waals surface area contributed by atoms with E-state index in [2.05, 4.69) is 4.98 Å². The number of rotatable bonds is 8. The van der Waals surface area contributed by atoms with Crippen LogP contribution in [0.3, 0.4) is 0 Å². The lowest BCUT2D eigenvalue weighted by Crippen LogP contribution is -2.25. The van der Waals surface area contributed by atoms with Crippen LogP contribution in [0.5, 0.6) is 17.4 Å². The molecule has 0 saturated carbocycles. The number of nitrogens with zero attached hydrogens (tertiary/aromatic N) is 1. The van der Waals surface area contributed by atoms with Crippen LogP contribution in [0.4, 0.5) is 13.2 Å². The Morgan fingerprint density at radius 2 is 1.86 bits per heavy atom. The molecule has 2 aromatic rings. The molecule has 1 heterocycles. The van der Waals surface area contributed by atoms with Crippen LogP contribution in [0.2, 0.25) is 10.0 Å². The topological polar surface area (TPSA) is 40.6 Å². The largest absolute Gasteiger partial charge is 0.460 e. The van der Waals surface area contributed by atoms with Crippen molar-refractivity contribution in [3.63, 3.8) is 0 Å². The van der Waals surface area contributed by atoms with Gasteiger partial charge in [-0.15, -0.1) is 23.2 Å². The first-order valence-electron chi connectivity index (χ1n) is 8.08. The van der Waals surface area contributed by atoms with Crippen molar-refractivity contribution in [2.45, 2.75) is 30.6 Å². The molecule has 0 aliphatic carbocycles. The van der Waals surface area contributed by atoms with Gasteiger partial charge in [-0.1, -0.05) is 30.1 Å². The van der Waals surface area contributed by atoms with Crippen molar-refractivity contribution in [3.05, 3.63) is 58.4 Å². The molecule has 1 aromatic heterocycles. The third-order valence-corrected chi connectivity index (χ3v) is 4.41. The minimum Gasteiger partial charge on any atom is -0.460 e. The summed E-state index contributed by atoms with van der Waals surface area (Å²) in [5.41, 5.74) is -1.02. The summed E-state index contributed by atoms with van der Waals surface area (Å²) in [7, 11) is 0. The third kappa shape index (κ3) is 6.74. The monoisotopic (exact) mass is 489 g/mol. The van der Waals surface area contributed by atoms with E-state index in [1.165, 1.54) is 30.7 Å². The molecule has 0 N–H and O–H groups in total. The molecular weight excluding hydrogens is 477 g/mol. The van der Waals surface area contributed by atoms with Crippen molar-refractivity contribution in [2.75, 3.05) is 0 Å². The van der Waals surface area contributed by atoms with Crippen LogP contribution in [0.15, 0.2) is 42.8 Å². The van der Waals surface area contributed by atoms with Gasteiger partial charge in [0.1, 0.15) is 15.4 Å². The molecule has 1 unspecified atom stereocenters. The van der Waals surface area contributed by atoms with E-state index in [0.29, 0.717) is 0 Å². The Hall–Kier alpha value is -1.54. The molecule has 0 bridgehead atoms. The summed E-state index contributed by atoms with van der Waals surface area (Å²) in [6, 6.07) is 4.90. The van der Waals surface area contributed by atoms with Crippen LogP contribution in [0.1, 0.15) is 18.9 Å². The lowest BCUT2D eigenvalue weighted by molar-refractivity contribution is -0.141. The summed E-state index contributed by atoms with van der Waals surface area (Å²) in [5, 5.41) is 0.201. The Morgan fingerprint density at radius 1 is 1.14 bits per heavy atom. The fourth-order valence-corrected chi connectivity index (χ4v) is 2.51. The van der Waals surface area contributed by atoms with Gasteiger partial charge in [-0.25, -0.2) is 4.98 Å². The number of ether oxygens (including phenoxy) is 3. The Bertz CT molecular complexity index is 863. The van der Waals surface area contributed by atoms with Gasteiger partial charge in [0.15, 0.2) is 11.5 Å². The summed E-state index contributed by atoms with van der Waals surface area (Å²) in [6.45, 7) is 1.66. The molecule has 0 radical (unpaired) electrons. The molecule has 0 saturated heterocycles. The summed E-state index contributed by atoms with van der Waals surface area (Å²) >= 11 is 23.3. The number of alkyl halides is 5. The van der Waals surface area contributed by atoms with Gasteiger partial charge in [0, 0.05) is 12.6 Å². The van der Waals surface area contributed by atoms with Gasteiger partial charge in [-0.2, -0.15) is 13.2 Å². The van der Waals surface area contributed by atoms with Crippen LogP contribution in [0, 0.1) is 0 Å². The van der Waals surface area contributed by atoms with Crippen molar-refractivity contribution in [3.8, 4) is 17.4 Å². The van der Waals surface area contributed by atoms with Crippen LogP contribution in [0.25, 0.3) is 0 Å². The van der Waals surface area contributed by atoms with Crippen molar-refractivity contribution in [1.29, 1.82) is 0 Å². The Kier molecular flexibility index (Phi) is 8.58. The minimum atomic E-state index is -4.63. The molecule has 29 heavy (non-hydrogen) atoms. The second-order valence-corrected chi connectivity index (χ2v) is 7.35. The average Bonchev–Trinajstić information content (AvgIpc) is 2.65. The van der Waals surface area contributed by atoms with Crippen LogP contribution >= 0.6 is 46.4 Å². The van der Waals surface area contributed by atoms with E-state index >= 15 is 0 Å². The SMILES string of the molecule is CCC(Oc1ccc(Cl)c(Cl)c1OC=CC(Cl)Cl)Oc1ncccc1C(F)(F)F. The number of hydrogen-bond donors (Lipinski definition) is 0. The lowest BCUT2D eigenvalue weighted by atomic mass is 10.2.